The van der Waals surface area contributed by atoms with Gasteiger partial charge in [-0.2, -0.15) is 0 Å². The van der Waals surface area contributed by atoms with E-state index in [1.807, 2.05) is 0 Å². The lowest BCUT2D eigenvalue weighted by Crippen LogP contribution is -2.47. The molecule has 0 saturated carbocycles. The summed E-state index contributed by atoms with van der Waals surface area (Å²) in [5.41, 5.74) is 11.1. The third-order valence-electron chi connectivity index (χ3n) is 5.94. The Morgan fingerprint density at radius 2 is 0.879 bits per heavy atom. The molecule has 350 valence electrons. The van der Waals surface area contributed by atoms with Crippen LogP contribution < -0.4 is 32.7 Å². The maximum absolute atomic E-state index is 12.9. The lowest BCUT2D eigenvalue weighted by molar-refractivity contribution is -0.123. The molecule has 0 saturated heterocycles. The molecule has 9 nitrogen and oxygen atoms in total. The first-order valence-corrected chi connectivity index (χ1v) is 17.5. The Labute approximate surface area is 395 Å². The zero-order valence-corrected chi connectivity index (χ0v) is 31.9. The van der Waals surface area contributed by atoms with E-state index < -0.39 is 18.2 Å². The van der Waals surface area contributed by atoms with E-state index in [4.69, 9.17) is 29.1 Å². The Balaban J connectivity index is -0.0000000290. The van der Waals surface area contributed by atoms with Crippen molar-refractivity contribution in [2.24, 2.45) is 11.5 Å². The van der Waals surface area contributed by atoms with E-state index in [1.165, 1.54) is 0 Å². The number of terminal acetylenes is 2. The molecule has 1 atom stereocenters. The molecular formula is C49H106N6O3. The van der Waals surface area contributed by atoms with Crippen LogP contribution in [0.3, 0.4) is 0 Å². The van der Waals surface area contributed by atoms with Crippen LogP contribution in [0.15, 0.2) is 0 Å². The van der Waals surface area contributed by atoms with Crippen LogP contribution in [0.5, 0.6) is 0 Å². The number of ether oxygens (including phenoxy) is 1. The summed E-state index contributed by atoms with van der Waals surface area (Å²) in [5, 5.41) is 12.0. The Morgan fingerprint density at radius 1 is 0.500 bits per heavy atom. The summed E-state index contributed by atoms with van der Waals surface area (Å²) in [4.78, 5) is 25.5. The Hall–Kier alpha value is -8.46. The number of hydrogen-bond donors (Lipinski definition) is 6. The highest BCUT2D eigenvalue weighted by atomic mass is 16.6. The summed E-state index contributed by atoms with van der Waals surface area (Å²) in [6, 6.07) is -0.392. The number of hydrogen-bond acceptors (Lipinski definition) is 7. The molecule has 0 aliphatic carbocycles. The van der Waals surface area contributed by atoms with Crippen molar-refractivity contribution in [2.45, 2.75) is 50.7 Å². The average Bonchev–Trinajstić information content (AvgIpc) is 3.22. The summed E-state index contributed by atoms with van der Waals surface area (Å²) in [7, 11) is 0. The molecule has 0 spiro atoms. The highest BCUT2D eigenvalue weighted by Gasteiger charge is 2.17. The van der Waals surface area contributed by atoms with Crippen LogP contribution in [0.2, 0.25) is 0 Å². The molecule has 1 unspecified atom stereocenters. The van der Waals surface area contributed by atoms with Gasteiger partial charge >= 0.3 is 6.09 Å². The zero-order valence-electron chi connectivity index (χ0n) is 31.9. The minimum Gasteiger partial charge on any atom is -0.444 e. The van der Waals surface area contributed by atoms with Crippen molar-refractivity contribution in [2.75, 3.05) is 45.8 Å². The van der Waals surface area contributed by atoms with Gasteiger partial charge in [0.05, 0.1) is 6.04 Å². The van der Waals surface area contributed by atoms with E-state index in [-0.39, 0.29) is 80.3 Å². The number of carbonyl (C=O) groups excluding carboxylic acids is 2. The molecule has 0 aliphatic heterocycles. The highest BCUT2D eigenvalue weighted by molar-refractivity contribution is 5.81. The molecule has 0 bridgehead atoms. The normalized spacial score (nSPS) is 7.81. The average molecular weight is 827 g/mol. The maximum Gasteiger partial charge on any atom is 0.407 e. The van der Waals surface area contributed by atoms with Crippen LogP contribution >= 0.6 is 0 Å². The van der Waals surface area contributed by atoms with Gasteiger partial charge < -0.3 is 37.5 Å². The molecule has 0 fully saturated rings. The second-order valence-electron chi connectivity index (χ2n) is 10.2. The van der Waals surface area contributed by atoms with Gasteiger partial charge in [-0.05, 0) is 224 Å². The van der Waals surface area contributed by atoms with Crippen LogP contribution in [-0.4, -0.2) is 70.0 Å². The second-order valence-corrected chi connectivity index (χ2v) is 10.2. The van der Waals surface area contributed by atoms with Gasteiger partial charge in [0.15, 0.2) is 0 Å². The largest absolute Gasteiger partial charge is 0.444 e. The molecule has 0 aromatic rings. The van der Waals surface area contributed by atoms with Gasteiger partial charge in [0, 0.05) is 74.4 Å². The molecule has 58 heavy (non-hydrogen) atoms. The van der Waals surface area contributed by atoms with Gasteiger partial charge in [-0.15, -0.1) is 12.8 Å². The number of carbonyl (C=O) groups is 2. The zero-order chi connectivity index (χ0) is 42.3. The molecule has 2 amide bonds. The third-order valence-corrected chi connectivity index (χ3v) is 5.94. The summed E-state index contributed by atoms with van der Waals surface area (Å²) in [5.74, 6) is 74.7. The van der Waals surface area contributed by atoms with Gasteiger partial charge in [0.2, 0.25) is 5.91 Å². The summed E-state index contributed by atoms with van der Waals surface area (Å²) < 4.78 is 5.53. The number of nitrogens with one attached hydrogen (secondary N) is 4. The molecular weight excluding hydrogens is 721 g/mol. The Kier molecular flexibility index (Phi) is 35.3. The third kappa shape index (κ3) is 35.9. The topological polar surface area (TPSA) is 144 Å². The predicted octanol–water partition coefficient (Wildman–Crippen LogP) is 7.68. The molecule has 0 aromatic heterocycles. The molecule has 0 radical (unpaired) electrons. The lowest BCUT2D eigenvalue weighted by Gasteiger charge is -2.19. The van der Waals surface area contributed by atoms with Crippen molar-refractivity contribution < 1.29 is 62.8 Å². The number of amides is 2. The number of alkyl carbamates (subject to hydrolysis) is 1. The van der Waals surface area contributed by atoms with Gasteiger partial charge in [0.1, 0.15) is 6.10 Å². The van der Waals surface area contributed by atoms with Gasteiger partial charge in [-0.3, -0.25) is 4.79 Å². The smallest absolute Gasteiger partial charge is 0.407 e. The first kappa shape index (κ1) is 49.5. The molecule has 8 N–H and O–H groups in total. The quantitative estimate of drug-likeness (QED) is 0.0615. The van der Waals surface area contributed by atoms with E-state index in [0.717, 1.165) is 32.4 Å². The lowest BCUT2D eigenvalue weighted by atomic mass is 10.1. The molecule has 9 heteroatoms. The van der Waals surface area contributed by atoms with Gasteiger partial charge in [-0.1, -0.05) is 11.8 Å². The molecule has 0 rings (SSSR count). The van der Waals surface area contributed by atoms with Crippen molar-refractivity contribution in [1.82, 2.24) is 21.3 Å². The first-order valence-electron chi connectivity index (χ1n) is 17.5. The summed E-state index contributed by atoms with van der Waals surface area (Å²) >= 11 is 0. The van der Waals surface area contributed by atoms with Crippen LogP contribution in [0.1, 0.15) is 87.0 Å². The van der Waals surface area contributed by atoms with Crippen molar-refractivity contribution in [3.63, 3.8) is 0 Å². The minimum atomic E-state index is -0.722. The van der Waals surface area contributed by atoms with Gasteiger partial charge in [0.25, 0.3) is 0 Å². The van der Waals surface area contributed by atoms with Crippen LogP contribution in [0.4, 0.5) is 4.79 Å². The Morgan fingerprint density at radius 3 is 1.31 bits per heavy atom. The van der Waals surface area contributed by atoms with Crippen molar-refractivity contribution in [1.29, 1.82) is 0 Å². The standard InChI is InChI=1S/C49H38N6O3.34H2/c1-3-5-7-9-11-13-15-17-19-21-23-25-27-29-31-36-46(37-32-30-28-26-24-22-20-18-16-14-12-10-8-6-4-2)58-49(57)55-45-44-54-48(56)47(53-43-35-40-51)38-33-41-52-42-34-39-50;;;;;;;;;;;;;;;;;;;;;;;;;;;;;;;;;;/h1-2,46-47,52-53H,33-45,50-51H2,(H,54,56)(H,55,57);34*1H. The first-order chi connectivity index (χ1) is 28.6. The fourth-order valence-electron chi connectivity index (χ4n) is 3.49. The second kappa shape index (κ2) is 41.3. The van der Waals surface area contributed by atoms with Crippen molar-refractivity contribution in [3.05, 3.63) is 0 Å². The van der Waals surface area contributed by atoms with Crippen LogP contribution in [0, 0.1) is 190 Å². The molecule has 0 heterocycles. The van der Waals surface area contributed by atoms with Gasteiger partial charge in [-0.25, -0.2) is 4.79 Å². The van der Waals surface area contributed by atoms with Crippen molar-refractivity contribution in [3.8, 4) is 190 Å². The molecule has 0 aliphatic rings. The van der Waals surface area contributed by atoms with E-state index in [9.17, 15) is 9.59 Å². The van der Waals surface area contributed by atoms with E-state index >= 15 is 0 Å². The van der Waals surface area contributed by atoms with E-state index in [1.54, 1.807) is 0 Å². The number of nitrogens with two attached hydrogens (primary N) is 2. The predicted molar refractivity (Wildman–Crippen MR) is 300 cm³/mol. The van der Waals surface area contributed by atoms with Crippen LogP contribution in [0.25, 0.3) is 0 Å². The summed E-state index contributed by atoms with van der Waals surface area (Å²) in [6.07, 6.45) is 11.8. The van der Waals surface area contributed by atoms with Crippen LogP contribution in [-0.2, 0) is 9.53 Å². The van der Waals surface area contributed by atoms with Crippen molar-refractivity contribution >= 4 is 12.0 Å². The monoisotopic (exact) mass is 827 g/mol. The minimum absolute atomic E-state index is 0. The van der Waals surface area contributed by atoms with E-state index in [2.05, 4.69) is 199 Å². The SMILES string of the molecule is C#CC#CC#CC#CC#CC#CC#CC#CCC(CC#CC#CC#CC#CC#CC#CC#CC#C)OC(=O)NCCNC(=O)C(CCCNCCCN)NCCCN.[HH].[HH].[HH].[HH].[HH].[HH].[HH].[HH].[HH].[HH].[HH].[HH].[HH].[HH].[HH].[HH].[HH].[HH].[HH].[HH].[HH].[HH].[HH].[HH].[HH].[HH].[HH].[HH].[HH].[HH].[HH].[HH].[HH].[HH]. The molecule has 0 aromatic carbocycles. The fourth-order valence-corrected chi connectivity index (χ4v) is 3.49. The summed E-state index contributed by atoms with van der Waals surface area (Å²) in [6.45, 7) is 3.68. The number of rotatable bonds is 18. The van der Waals surface area contributed by atoms with E-state index in [0.29, 0.717) is 26.1 Å². The maximum atomic E-state index is 12.9. The fraction of sp³-hybridized carbons (Fsp3) is 0.306. The Bertz CT molecular complexity index is 2350. The highest BCUT2D eigenvalue weighted by Crippen LogP contribution is 2.03.